The van der Waals surface area contributed by atoms with Crippen molar-refractivity contribution in [2.45, 2.75) is 20.3 Å². The van der Waals surface area contributed by atoms with Crippen molar-refractivity contribution in [3.8, 4) is 11.5 Å². The van der Waals surface area contributed by atoms with Gasteiger partial charge in [0, 0.05) is 17.8 Å². The topological polar surface area (TPSA) is 84.9 Å². The number of aliphatic carboxylic acids is 1. The van der Waals surface area contributed by atoms with Crippen molar-refractivity contribution in [1.82, 2.24) is 0 Å². The Morgan fingerprint density at radius 3 is 2.17 bits per heavy atom. The molecule has 1 aliphatic rings. The van der Waals surface area contributed by atoms with Gasteiger partial charge in [0.25, 0.3) is 0 Å². The number of rotatable bonds is 6. The summed E-state index contributed by atoms with van der Waals surface area (Å²) in [6.45, 7) is 3.63. The Balaban J connectivity index is 2.21. The lowest BCUT2D eigenvalue weighted by Gasteiger charge is -2.17. The van der Waals surface area contributed by atoms with Crippen LogP contribution in [0.5, 0.6) is 11.5 Å². The fourth-order valence-corrected chi connectivity index (χ4v) is 3.16. The Morgan fingerprint density at radius 1 is 1.30 bits per heavy atom. The van der Waals surface area contributed by atoms with Crippen LogP contribution in [0.1, 0.15) is 20.3 Å². The number of halogens is 1. The molecule has 126 valence electrons. The SMILES string of the molecule is COc1cc(NC(=O)C2CC2(C(=O)O)C(C)C)cc(OC)c1Cl. The molecule has 2 N–H and O–H groups in total. The number of carbonyl (C=O) groups excluding carboxylic acids is 1. The lowest BCUT2D eigenvalue weighted by Crippen LogP contribution is -2.28. The van der Waals surface area contributed by atoms with Crippen LogP contribution in [-0.2, 0) is 9.59 Å². The summed E-state index contributed by atoms with van der Waals surface area (Å²) in [6, 6.07) is 3.14. The van der Waals surface area contributed by atoms with Crippen LogP contribution in [0.2, 0.25) is 5.02 Å². The molecule has 0 saturated heterocycles. The molecule has 0 heterocycles. The van der Waals surface area contributed by atoms with Crippen LogP contribution >= 0.6 is 11.6 Å². The molecule has 1 aliphatic carbocycles. The highest BCUT2D eigenvalue weighted by Gasteiger charge is 2.65. The van der Waals surface area contributed by atoms with E-state index in [0.29, 0.717) is 28.6 Å². The zero-order valence-electron chi connectivity index (χ0n) is 13.5. The van der Waals surface area contributed by atoms with E-state index >= 15 is 0 Å². The third kappa shape index (κ3) is 2.95. The zero-order valence-corrected chi connectivity index (χ0v) is 14.2. The summed E-state index contributed by atoms with van der Waals surface area (Å²) in [6.07, 6.45) is 0.341. The number of hydrogen-bond acceptors (Lipinski definition) is 4. The summed E-state index contributed by atoms with van der Waals surface area (Å²) in [5.74, 6) is -1.19. The number of carboxylic acid groups (broad SMARTS) is 1. The van der Waals surface area contributed by atoms with E-state index in [4.69, 9.17) is 21.1 Å². The van der Waals surface area contributed by atoms with E-state index in [1.165, 1.54) is 14.2 Å². The lowest BCUT2D eigenvalue weighted by molar-refractivity contribution is -0.147. The summed E-state index contributed by atoms with van der Waals surface area (Å²) < 4.78 is 10.3. The molecule has 1 fully saturated rings. The zero-order chi connectivity index (χ0) is 17.4. The first-order chi connectivity index (χ1) is 10.8. The second-order valence-electron chi connectivity index (χ2n) is 5.94. The summed E-state index contributed by atoms with van der Waals surface area (Å²) in [5, 5.41) is 12.5. The van der Waals surface area contributed by atoms with Crippen molar-refractivity contribution in [3.63, 3.8) is 0 Å². The molecule has 2 unspecified atom stereocenters. The molecule has 1 aromatic carbocycles. The minimum atomic E-state index is -0.981. The Kier molecular flexibility index (Phi) is 4.75. The van der Waals surface area contributed by atoms with E-state index in [0.717, 1.165) is 0 Å². The molecule has 1 saturated carbocycles. The quantitative estimate of drug-likeness (QED) is 0.830. The molecule has 1 aromatic rings. The van der Waals surface area contributed by atoms with Gasteiger partial charge in [-0.3, -0.25) is 9.59 Å². The minimum Gasteiger partial charge on any atom is -0.495 e. The van der Waals surface area contributed by atoms with Crippen molar-refractivity contribution in [2.75, 3.05) is 19.5 Å². The van der Waals surface area contributed by atoms with Crippen LogP contribution in [0.3, 0.4) is 0 Å². The number of methoxy groups -OCH3 is 2. The fourth-order valence-electron chi connectivity index (χ4n) is 2.90. The first-order valence-electron chi connectivity index (χ1n) is 7.23. The molecule has 0 bridgehead atoms. The van der Waals surface area contributed by atoms with E-state index in [1.807, 2.05) is 13.8 Å². The molecule has 2 atom stereocenters. The summed E-state index contributed by atoms with van der Waals surface area (Å²) in [7, 11) is 2.92. The Bertz CT molecular complexity index is 620. The van der Waals surface area contributed by atoms with Gasteiger partial charge in [-0.25, -0.2) is 0 Å². The molecule has 0 radical (unpaired) electrons. The minimum absolute atomic E-state index is 0.120. The Labute approximate surface area is 139 Å². The Hall–Kier alpha value is -1.95. The second kappa shape index (κ2) is 6.28. The van der Waals surface area contributed by atoms with Gasteiger partial charge in [-0.2, -0.15) is 0 Å². The maximum atomic E-state index is 12.4. The van der Waals surface area contributed by atoms with Gasteiger partial charge in [0.15, 0.2) is 0 Å². The monoisotopic (exact) mass is 341 g/mol. The van der Waals surface area contributed by atoms with Gasteiger partial charge in [0.1, 0.15) is 16.5 Å². The molecule has 2 rings (SSSR count). The predicted octanol–water partition coefficient (Wildman–Crippen LogP) is 3.04. The Morgan fingerprint density at radius 2 is 1.83 bits per heavy atom. The van der Waals surface area contributed by atoms with E-state index in [9.17, 15) is 14.7 Å². The lowest BCUT2D eigenvalue weighted by atomic mass is 9.89. The van der Waals surface area contributed by atoms with Gasteiger partial charge in [-0.15, -0.1) is 0 Å². The van der Waals surface area contributed by atoms with E-state index in [1.54, 1.807) is 12.1 Å². The van der Waals surface area contributed by atoms with Gasteiger partial charge >= 0.3 is 5.97 Å². The largest absolute Gasteiger partial charge is 0.495 e. The highest BCUT2D eigenvalue weighted by molar-refractivity contribution is 6.33. The number of amides is 1. The van der Waals surface area contributed by atoms with Crippen LogP contribution in [0, 0.1) is 17.3 Å². The first-order valence-corrected chi connectivity index (χ1v) is 7.61. The van der Waals surface area contributed by atoms with Crippen molar-refractivity contribution >= 4 is 29.2 Å². The summed E-state index contributed by atoms with van der Waals surface area (Å²) >= 11 is 6.08. The van der Waals surface area contributed by atoms with Crippen LogP contribution < -0.4 is 14.8 Å². The normalized spacial score (nSPS) is 22.6. The molecule has 0 spiro atoms. The number of hydrogen-bond donors (Lipinski definition) is 2. The van der Waals surface area contributed by atoms with E-state index < -0.39 is 17.3 Å². The van der Waals surface area contributed by atoms with Crippen molar-refractivity contribution in [3.05, 3.63) is 17.2 Å². The number of benzene rings is 1. The second-order valence-corrected chi connectivity index (χ2v) is 6.32. The van der Waals surface area contributed by atoms with Crippen LogP contribution in [0.25, 0.3) is 0 Å². The number of carboxylic acids is 1. The highest BCUT2D eigenvalue weighted by Crippen LogP contribution is 2.58. The average molecular weight is 342 g/mol. The molecule has 23 heavy (non-hydrogen) atoms. The van der Waals surface area contributed by atoms with Crippen LogP contribution in [0.4, 0.5) is 5.69 Å². The van der Waals surface area contributed by atoms with Gasteiger partial charge < -0.3 is 19.9 Å². The standard InChI is InChI=1S/C16H20ClNO5/c1-8(2)16(15(20)21)7-10(16)14(19)18-9-5-11(22-3)13(17)12(6-9)23-4/h5-6,8,10H,7H2,1-4H3,(H,18,19)(H,20,21). The summed E-state index contributed by atoms with van der Waals surface area (Å²) in [5.41, 5.74) is -0.534. The maximum Gasteiger partial charge on any atom is 0.310 e. The smallest absolute Gasteiger partial charge is 0.310 e. The highest BCUT2D eigenvalue weighted by atomic mass is 35.5. The number of anilines is 1. The maximum absolute atomic E-state index is 12.4. The first kappa shape index (κ1) is 17.4. The van der Waals surface area contributed by atoms with Gasteiger partial charge in [0.05, 0.1) is 25.6 Å². The van der Waals surface area contributed by atoms with Crippen molar-refractivity contribution in [2.24, 2.45) is 17.3 Å². The number of ether oxygens (including phenoxy) is 2. The number of nitrogens with one attached hydrogen (secondary N) is 1. The molecular formula is C16H20ClNO5. The van der Waals surface area contributed by atoms with Crippen molar-refractivity contribution < 1.29 is 24.2 Å². The number of carbonyl (C=O) groups is 2. The van der Waals surface area contributed by atoms with Gasteiger partial charge in [-0.05, 0) is 12.3 Å². The van der Waals surface area contributed by atoms with Crippen molar-refractivity contribution in [1.29, 1.82) is 0 Å². The van der Waals surface area contributed by atoms with Crippen LogP contribution in [0.15, 0.2) is 12.1 Å². The molecule has 0 aliphatic heterocycles. The third-order valence-electron chi connectivity index (χ3n) is 4.46. The van der Waals surface area contributed by atoms with Gasteiger partial charge in [-0.1, -0.05) is 25.4 Å². The molecule has 1 amide bonds. The summed E-state index contributed by atoms with van der Waals surface area (Å²) in [4.78, 5) is 23.9. The molecule has 0 aromatic heterocycles. The third-order valence-corrected chi connectivity index (χ3v) is 4.83. The molecule has 7 heteroatoms. The van der Waals surface area contributed by atoms with E-state index in [-0.39, 0.29) is 11.8 Å². The van der Waals surface area contributed by atoms with Gasteiger partial charge in [0.2, 0.25) is 5.91 Å². The molecule has 6 nitrogen and oxygen atoms in total. The molecular weight excluding hydrogens is 322 g/mol. The van der Waals surface area contributed by atoms with E-state index in [2.05, 4.69) is 5.32 Å². The predicted molar refractivity (Wildman–Crippen MR) is 86.2 cm³/mol. The fraction of sp³-hybridized carbons (Fsp3) is 0.500. The average Bonchev–Trinajstić information content (AvgIpc) is 3.26. The van der Waals surface area contributed by atoms with Crippen LogP contribution in [-0.4, -0.2) is 31.2 Å².